The van der Waals surface area contributed by atoms with Crippen LogP contribution in [0.25, 0.3) is 11.1 Å². The molecule has 1 aliphatic rings. The van der Waals surface area contributed by atoms with Crippen LogP contribution in [-0.2, 0) is 12.8 Å². The van der Waals surface area contributed by atoms with Gasteiger partial charge in [-0.25, -0.2) is 9.97 Å². The Kier molecular flexibility index (Phi) is 4.32. The molecule has 20 heavy (non-hydrogen) atoms. The van der Waals surface area contributed by atoms with Gasteiger partial charge in [-0.15, -0.1) is 0 Å². The Morgan fingerprint density at radius 2 is 2.00 bits per heavy atom. The molecule has 0 amide bonds. The molecule has 0 fully saturated rings. The maximum Gasteiger partial charge on any atom is 0.316 e. The first kappa shape index (κ1) is 14.4. The van der Waals surface area contributed by atoms with Gasteiger partial charge in [-0.1, -0.05) is 18.2 Å². The summed E-state index contributed by atoms with van der Waals surface area (Å²) >= 11 is 0. The van der Waals surface area contributed by atoms with Crippen LogP contribution in [0.1, 0.15) is 17.5 Å². The van der Waals surface area contributed by atoms with Crippen molar-refractivity contribution in [1.29, 1.82) is 0 Å². The van der Waals surface area contributed by atoms with Gasteiger partial charge in [0.2, 0.25) is 0 Å². The lowest BCUT2D eigenvalue weighted by Gasteiger charge is -2.24. The minimum absolute atomic E-state index is 0. The minimum Gasteiger partial charge on any atom is -0.467 e. The predicted molar refractivity (Wildman–Crippen MR) is 79.0 cm³/mol. The van der Waals surface area contributed by atoms with Crippen molar-refractivity contribution in [2.24, 2.45) is 5.73 Å². The zero-order valence-corrected chi connectivity index (χ0v) is 11.7. The predicted octanol–water partition coefficient (Wildman–Crippen LogP) is 2.13. The molecule has 5 nitrogen and oxygen atoms in total. The lowest BCUT2D eigenvalue weighted by Crippen LogP contribution is -2.28. The maximum atomic E-state index is 6.09. The summed E-state index contributed by atoms with van der Waals surface area (Å²) in [5.74, 6) is 0. The van der Waals surface area contributed by atoms with Crippen LogP contribution in [0.5, 0.6) is 6.01 Å². The number of fused-ring (bicyclic) bond motifs is 1. The Labute approximate surface area is 118 Å². The average Bonchev–Trinajstić information content (AvgIpc) is 2.47. The molecule has 1 aromatic carbocycles. The Hall–Kier alpha value is -1.98. The highest BCUT2D eigenvalue weighted by atomic mass is 16.5. The molecule has 5 heteroatoms. The molecule has 5 N–H and O–H groups in total. The quantitative estimate of drug-likeness (QED) is 0.873. The largest absolute Gasteiger partial charge is 0.467 e. The number of benzene rings is 1. The van der Waals surface area contributed by atoms with Crippen LogP contribution in [0.3, 0.4) is 0 Å². The molecule has 0 saturated carbocycles. The van der Waals surface area contributed by atoms with Crippen LogP contribution in [0.15, 0.2) is 30.6 Å². The highest BCUT2D eigenvalue weighted by Gasteiger charge is 2.19. The number of rotatable bonds is 2. The summed E-state index contributed by atoms with van der Waals surface area (Å²) < 4.78 is 4.99. The van der Waals surface area contributed by atoms with Crippen LogP contribution >= 0.6 is 0 Å². The third-order valence-electron chi connectivity index (χ3n) is 3.65. The molecule has 0 saturated heterocycles. The van der Waals surface area contributed by atoms with Gasteiger partial charge in [0.05, 0.1) is 7.11 Å². The summed E-state index contributed by atoms with van der Waals surface area (Å²) in [7, 11) is 1.57. The van der Waals surface area contributed by atoms with E-state index in [9.17, 15) is 0 Å². The van der Waals surface area contributed by atoms with E-state index in [0.29, 0.717) is 6.01 Å². The number of nitrogens with two attached hydrogens (primary N) is 1. The van der Waals surface area contributed by atoms with E-state index in [1.165, 1.54) is 16.7 Å². The fourth-order valence-corrected chi connectivity index (χ4v) is 2.65. The normalized spacial score (nSPS) is 17.0. The van der Waals surface area contributed by atoms with E-state index >= 15 is 0 Å². The molecule has 1 heterocycles. The summed E-state index contributed by atoms with van der Waals surface area (Å²) in [6.45, 7) is 0. The lowest BCUT2D eigenvalue weighted by atomic mass is 9.84. The van der Waals surface area contributed by atoms with Gasteiger partial charge in [0.1, 0.15) is 0 Å². The van der Waals surface area contributed by atoms with E-state index in [0.717, 1.165) is 24.8 Å². The second-order valence-corrected chi connectivity index (χ2v) is 4.90. The number of aryl methyl sites for hydroxylation is 1. The molecule has 1 atom stereocenters. The number of hydrogen-bond acceptors (Lipinski definition) is 5. The number of ether oxygens (including phenoxy) is 1. The number of hydrogen-bond donors (Lipinski definition) is 2. The molecule has 0 spiro atoms. The fraction of sp³-hybridized carbons (Fsp3) is 0.333. The molecule has 0 radical (unpaired) electrons. The van der Waals surface area contributed by atoms with Gasteiger partial charge in [-0.05, 0) is 36.0 Å². The van der Waals surface area contributed by atoms with Gasteiger partial charge in [-0.2, -0.15) is 0 Å². The van der Waals surface area contributed by atoms with Gasteiger partial charge in [0.15, 0.2) is 0 Å². The van der Waals surface area contributed by atoms with Crippen molar-refractivity contribution in [2.45, 2.75) is 25.3 Å². The summed E-state index contributed by atoms with van der Waals surface area (Å²) in [4.78, 5) is 8.35. The molecule has 106 valence electrons. The fourth-order valence-electron chi connectivity index (χ4n) is 2.65. The van der Waals surface area contributed by atoms with E-state index in [2.05, 4.69) is 28.2 Å². The smallest absolute Gasteiger partial charge is 0.316 e. The maximum absolute atomic E-state index is 6.09. The molecular formula is C15H20N4O. The molecule has 1 aromatic heterocycles. The van der Waals surface area contributed by atoms with Gasteiger partial charge in [-0.3, -0.25) is 0 Å². The SMILES string of the molecule is COc1ncc(-c2cccc3c2C[C@H](N)CC3)cn1.N. The van der Waals surface area contributed by atoms with Gasteiger partial charge < -0.3 is 16.6 Å². The van der Waals surface area contributed by atoms with E-state index in [1.807, 2.05) is 12.4 Å². The monoisotopic (exact) mass is 272 g/mol. The number of nitrogens with zero attached hydrogens (tertiary/aromatic N) is 2. The third-order valence-corrected chi connectivity index (χ3v) is 3.65. The molecule has 0 bridgehead atoms. The summed E-state index contributed by atoms with van der Waals surface area (Å²) in [5, 5.41) is 0. The van der Waals surface area contributed by atoms with Gasteiger partial charge >= 0.3 is 6.01 Å². The van der Waals surface area contributed by atoms with Crippen LogP contribution in [0.2, 0.25) is 0 Å². The van der Waals surface area contributed by atoms with E-state index in [-0.39, 0.29) is 12.2 Å². The Bertz CT molecular complexity index is 583. The summed E-state index contributed by atoms with van der Waals surface area (Å²) in [6, 6.07) is 7.05. The van der Waals surface area contributed by atoms with Crippen molar-refractivity contribution in [3.05, 3.63) is 41.7 Å². The second kappa shape index (κ2) is 5.98. The highest BCUT2D eigenvalue weighted by Crippen LogP contribution is 2.30. The first-order chi connectivity index (χ1) is 9.28. The zero-order chi connectivity index (χ0) is 13.2. The molecular weight excluding hydrogens is 252 g/mol. The minimum atomic E-state index is 0. The summed E-state index contributed by atoms with van der Waals surface area (Å²) in [6.07, 6.45) is 6.66. The van der Waals surface area contributed by atoms with E-state index in [4.69, 9.17) is 10.5 Å². The van der Waals surface area contributed by atoms with Gasteiger partial charge in [0, 0.05) is 24.0 Å². The van der Waals surface area contributed by atoms with Crippen molar-refractivity contribution in [3.63, 3.8) is 0 Å². The van der Waals surface area contributed by atoms with Crippen LogP contribution in [0.4, 0.5) is 0 Å². The first-order valence-corrected chi connectivity index (χ1v) is 6.50. The first-order valence-electron chi connectivity index (χ1n) is 6.50. The Morgan fingerprint density at radius 1 is 1.25 bits per heavy atom. The van der Waals surface area contributed by atoms with Crippen LogP contribution < -0.4 is 16.6 Å². The number of methoxy groups -OCH3 is 1. The van der Waals surface area contributed by atoms with Crippen molar-refractivity contribution in [1.82, 2.24) is 16.1 Å². The highest BCUT2D eigenvalue weighted by molar-refractivity contribution is 5.68. The van der Waals surface area contributed by atoms with Crippen molar-refractivity contribution in [3.8, 4) is 17.1 Å². The zero-order valence-electron chi connectivity index (χ0n) is 11.7. The summed E-state index contributed by atoms with van der Waals surface area (Å²) in [5.41, 5.74) is 11.0. The third kappa shape index (κ3) is 2.64. The Balaban J connectivity index is 0.00000147. The molecule has 3 rings (SSSR count). The topological polar surface area (TPSA) is 96.0 Å². The van der Waals surface area contributed by atoms with Crippen LogP contribution in [-0.4, -0.2) is 23.1 Å². The Morgan fingerprint density at radius 3 is 2.70 bits per heavy atom. The molecule has 2 aromatic rings. The molecule has 1 aliphatic carbocycles. The molecule has 0 unspecified atom stereocenters. The standard InChI is InChI=1S/C15H17N3O.H3N/c1-19-15-17-8-11(9-18-15)13-4-2-3-10-5-6-12(16)7-14(10)13;/h2-4,8-9,12H,5-7,16H2,1H3;1H3/t12-;/m1./s1. The second-order valence-electron chi connectivity index (χ2n) is 4.90. The lowest BCUT2D eigenvalue weighted by molar-refractivity contribution is 0.380. The average molecular weight is 272 g/mol. The van der Waals surface area contributed by atoms with Crippen molar-refractivity contribution >= 4 is 0 Å². The molecule has 0 aliphatic heterocycles. The van der Waals surface area contributed by atoms with Gasteiger partial charge in [0.25, 0.3) is 0 Å². The van der Waals surface area contributed by atoms with Crippen molar-refractivity contribution in [2.75, 3.05) is 7.11 Å². The van der Waals surface area contributed by atoms with Crippen LogP contribution in [0, 0.1) is 0 Å². The van der Waals surface area contributed by atoms with Crippen molar-refractivity contribution < 1.29 is 4.74 Å². The van der Waals surface area contributed by atoms with E-state index in [1.54, 1.807) is 7.11 Å². The number of aromatic nitrogens is 2. The van der Waals surface area contributed by atoms with E-state index < -0.39 is 0 Å².